The molecular formula is C14H18ClN3O. The molecule has 2 aromatic rings. The van der Waals surface area contributed by atoms with Gasteiger partial charge in [0.15, 0.2) is 0 Å². The summed E-state index contributed by atoms with van der Waals surface area (Å²) >= 11 is 6.30. The van der Waals surface area contributed by atoms with Crippen LogP contribution in [0.1, 0.15) is 12.7 Å². The molecule has 0 saturated carbocycles. The number of para-hydroxylation sites is 1. The minimum Gasteiger partial charge on any atom is -0.379 e. The fourth-order valence-corrected chi connectivity index (χ4v) is 2.93. The highest BCUT2D eigenvalue weighted by molar-refractivity contribution is 6.35. The highest BCUT2D eigenvalue weighted by Gasteiger charge is 2.18. The molecule has 1 aliphatic heterocycles. The molecule has 1 fully saturated rings. The van der Waals surface area contributed by atoms with E-state index in [1.165, 1.54) is 0 Å². The van der Waals surface area contributed by atoms with Gasteiger partial charge in [-0.1, -0.05) is 17.7 Å². The first-order chi connectivity index (χ1) is 9.29. The zero-order valence-corrected chi connectivity index (χ0v) is 11.8. The standard InChI is InChI=1S/C14H18ClN3O/c1-2-18-13(8-10-9-19-7-6-16-10)17-12-5-3-4-11(15)14(12)18/h3-5,10,16H,2,6-9H2,1H3. The van der Waals surface area contributed by atoms with Gasteiger partial charge in [0.1, 0.15) is 5.82 Å². The van der Waals surface area contributed by atoms with E-state index in [0.717, 1.165) is 54.6 Å². The topological polar surface area (TPSA) is 39.1 Å². The quantitative estimate of drug-likeness (QED) is 0.937. The number of rotatable bonds is 3. The Labute approximate surface area is 117 Å². The number of aryl methyl sites for hydroxylation is 1. The molecule has 2 heterocycles. The monoisotopic (exact) mass is 279 g/mol. The number of benzene rings is 1. The van der Waals surface area contributed by atoms with E-state index in [4.69, 9.17) is 21.3 Å². The largest absolute Gasteiger partial charge is 0.379 e. The van der Waals surface area contributed by atoms with Crippen LogP contribution in [0.25, 0.3) is 11.0 Å². The van der Waals surface area contributed by atoms with Gasteiger partial charge in [-0.2, -0.15) is 0 Å². The third-order valence-corrected chi connectivity index (χ3v) is 3.85. The number of ether oxygens (including phenoxy) is 1. The molecule has 1 atom stereocenters. The zero-order valence-electron chi connectivity index (χ0n) is 11.0. The Hall–Kier alpha value is -1.10. The van der Waals surface area contributed by atoms with Gasteiger partial charge in [-0.3, -0.25) is 0 Å². The Kier molecular flexibility index (Phi) is 3.73. The predicted molar refractivity (Wildman–Crippen MR) is 76.7 cm³/mol. The van der Waals surface area contributed by atoms with Crippen molar-refractivity contribution < 1.29 is 4.74 Å². The first-order valence-electron chi connectivity index (χ1n) is 6.74. The number of fused-ring (bicyclic) bond motifs is 1. The molecule has 1 aromatic carbocycles. The van der Waals surface area contributed by atoms with E-state index in [0.29, 0.717) is 6.04 Å². The summed E-state index contributed by atoms with van der Waals surface area (Å²) in [5, 5.41) is 4.24. The summed E-state index contributed by atoms with van der Waals surface area (Å²) in [7, 11) is 0. The molecule has 0 radical (unpaired) electrons. The highest BCUT2D eigenvalue weighted by Crippen LogP contribution is 2.25. The lowest BCUT2D eigenvalue weighted by Crippen LogP contribution is -2.43. The van der Waals surface area contributed by atoms with E-state index in [2.05, 4.69) is 16.8 Å². The average molecular weight is 280 g/mol. The second-order valence-electron chi connectivity index (χ2n) is 4.81. The van der Waals surface area contributed by atoms with E-state index in [-0.39, 0.29) is 0 Å². The molecule has 0 spiro atoms. The van der Waals surface area contributed by atoms with Crippen molar-refractivity contribution in [1.82, 2.24) is 14.9 Å². The third kappa shape index (κ3) is 2.48. The molecule has 1 unspecified atom stereocenters. The van der Waals surface area contributed by atoms with E-state index >= 15 is 0 Å². The van der Waals surface area contributed by atoms with E-state index in [1.54, 1.807) is 0 Å². The molecule has 4 nitrogen and oxygen atoms in total. The van der Waals surface area contributed by atoms with Crippen LogP contribution in [0.15, 0.2) is 18.2 Å². The zero-order chi connectivity index (χ0) is 13.2. The maximum absolute atomic E-state index is 6.30. The molecule has 1 aromatic heterocycles. The van der Waals surface area contributed by atoms with Gasteiger partial charge in [-0.25, -0.2) is 4.98 Å². The molecule has 0 amide bonds. The Morgan fingerprint density at radius 1 is 1.53 bits per heavy atom. The number of nitrogens with one attached hydrogen (secondary N) is 1. The maximum Gasteiger partial charge on any atom is 0.111 e. The summed E-state index contributed by atoms with van der Waals surface area (Å²) in [6.45, 7) is 5.47. The van der Waals surface area contributed by atoms with Crippen molar-refractivity contribution in [3.63, 3.8) is 0 Å². The van der Waals surface area contributed by atoms with Gasteiger partial charge in [-0.05, 0) is 19.1 Å². The predicted octanol–water partition coefficient (Wildman–Crippen LogP) is 2.24. The summed E-state index contributed by atoms with van der Waals surface area (Å²) in [6, 6.07) is 6.23. The maximum atomic E-state index is 6.30. The number of nitrogens with zero attached hydrogens (tertiary/aromatic N) is 2. The first kappa shape index (κ1) is 12.9. The summed E-state index contributed by atoms with van der Waals surface area (Å²) in [4.78, 5) is 4.72. The van der Waals surface area contributed by atoms with Gasteiger partial charge in [0.2, 0.25) is 0 Å². The highest BCUT2D eigenvalue weighted by atomic mass is 35.5. The van der Waals surface area contributed by atoms with Crippen molar-refractivity contribution in [1.29, 1.82) is 0 Å². The lowest BCUT2D eigenvalue weighted by molar-refractivity contribution is 0.0762. The number of aromatic nitrogens is 2. The van der Waals surface area contributed by atoms with Crippen molar-refractivity contribution in [2.24, 2.45) is 0 Å². The van der Waals surface area contributed by atoms with Crippen molar-refractivity contribution in [3.05, 3.63) is 29.0 Å². The molecule has 102 valence electrons. The van der Waals surface area contributed by atoms with Crippen LogP contribution in [-0.2, 0) is 17.7 Å². The van der Waals surface area contributed by atoms with Crippen LogP contribution >= 0.6 is 11.6 Å². The summed E-state index contributed by atoms with van der Waals surface area (Å²) < 4.78 is 7.70. The van der Waals surface area contributed by atoms with Gasteiger partial charge >= 0.3 is 0 Å². The second kappa shape index (κ2) is 5.49. The summed E-state index contributed by atoms with van der Waals surface area (Å²) in [6.07, 6.45) is 0.874. The van der Waals surface area contributed by atoms with E-state index < -0.39 is 0 Å². The van der Waals surface area contributed by atoms with Crippen LogP contribution < -0.4 is 5.32 Å². The first-order valence-corrected chi connectivity index (χ1v) is 7.12. The number of morpholine rings is 1. The normalized spacial score (nSPS) is 20.0. The number of halogens is 1. The number of imidazole rings is 1. The molecule has 0 aliphatic carbocycles. The summed E-state index contributed by atoms with van der Waals surface area (Å²) in [5.74, 6) is 1.08. The fraction of sp³-hybridized carbons (Fsp3) is 0.500. The lowest BCUT2D eigenvalue weighted by Gasteiger charge is -2.23. The smallest absolute Gasteiger partial charge is 0.111 e. The molecule has 1 saturated heterocycles. The molecule has 1 N–H and O–H groups in total. The third-order valence-electron chi connectivity index (χ3n) is 3.54. The van der Waals surface area contributed by atoms with E-state index in [1.807, 2.05) is 18.2 Å². The molecule has 3 rings (SSSR count). The molecule has 0 bridgehead atoms. The Balaban J connectivity index is 1.96. The Morgan fingerprint density at radius 3 is 3.16 bits per heavy atom. The Morgan fingerprint density at radius 2 is 2.42 bits per heavy atom. The Bertz CT molecular complexity index is 575. The van der Waals surface area contributed by atoms with Crippen LogP contribution in [0, 0.1) is 0 Å². The van der Waals surface area contributed by atoms with Gasteiger partial charge in [0.05, 0.1) is 29.3 Å². The van der Waals surface area contributed by atoms with Crippen LogP contribution in [-0.4, -0.2) is 35.4 Å². The molecule has 1 aliphatic rings. The molecule has 19 heavy (non-hydrogen) atoms. The van der Waals surface area contributed by atoms with Gasteiger partial charge in [-0.15, -0.1) is 0 Å². The summed E-state index contributed by atoms with van der Waals surface area (Å²) in [5.41, 5.74) is 2.01. The van der Waals surface area contributed by atoms with E-state index in [9.17, 15) is 0 Å². The number of hydrogen-bond acceptors (Lipinski definition) is 3. The van der Waals surface area contributed by atoms with Crippen LogP contribution in [0.3, 0.4) is 0 Å². The minimum absolute atomic E-state index is 0.342. The van der Waals surface area contributed by atoms with Gasteiger partial charge < -0.3 is 14.6 Å². The minimum atomic E-state index is 0.342. The molecular weight excluding hydrogens is 262 g/mol. The number of hydrogen-bond donors (Lipinski definition) is 1. The van der Waals surface area contributed by atoms with Crippen LogP contribution in [0.4, 0.5) is 0 Å². The van der Waals surface area contributed by atoms with Crippen LogP contribution in [0.5, 0.6) is 0 Å². The van der Waals surface area contributed by atoms with Crippen molar-refractivity contribution in [3.8, 4) is 0 Å². The van der Waals surface area contributed by atoms with Crippen molar-refractivity contribution in [2.75, 3.05) is 19.8 Å². The van der Waals surface area contributed by atoms with Gasteiger partial charge in [0, 0.05) is 25.6 Å². The SMILES string of the molecule is CCn1c(CC2COCCN2)nc2cccc(Cl)c21. The fourth-order valence-electron chi connectivity index (χ4n) is 2.66. The lowest BCUT2D eigenvalue weighted by atomic mass is 10.2. The second-order valence-corrected chi connectivity index (χ2v) is 5.22. The van der Waals surface area contributed by atoms with Crippen molar-refractivity contribution in [2.45, 2.75) is 25.9 Å². The van der Waals surface area contributed by atoms with Crippen molar-refractivity contribution >= 4 is 22.6 Å². The van der Waals surface area contributed by atoms with Gasteiger partial charge in [0.25, 0.3) is 0 Å². The van der Waals surface area contributed by atoms with Crippen LogP contribution in [0.2, 0.25) is 5.02 Å². The average Bonchev–Trinajstić information content (AvgIpc) is 2.78. The molecule has 5 heteroatoms.